The molecule has 4 atom stereocenters. The standard InChI is InChI=1S/C47H70N8O11/c1-5-32(2)45(51-46(65)33(3)24-35-10-13-39(57)14-11-35)40(58)25-38(12-15-41(48)59)47(66)50-27-37-8-6-36(7-9-37)26-49-42(60)29-53-18-16-52(28-34(4)56)17-20-54(30-43(61)62)22-23-55(21-19-53)31-44(63)64/h6-11,13-14,32-33,38,45,56-57H,4-5,12,15-31H2,1-3H3,(H2,48,59)(H,49,60)(H,50,66)(H,51,65)(H,61,62)(H,63,64)/t32?,33-,38+,45-/m0/s1. The summed E-state index contributed by atoms with van der Waals surface area (Å²) in [5.41, 5.74) is 7.82. The molecule has 1 fully saturated rings. The van der Waals surface area contributed by atoms with Crippen molar-refractivity contribution >= 4 is 41.4 Å². The number of hydrogen-bond donors (Lipinski definition) is 8. The van der Waals surface area contributed by atoms with Gasteiger partial charge in [0.2, 0.25) is 23.6 Å². The number of amides is 4. The number of phenolic OH excluding ortho intramolecular Hbond substituents is 1. The van der Waals surface area contributed by atoms with Crippen LogP contribution in [0.4, 0.5) is 0 Å². The monoisotopic (exact) mass is 923 g/mol. The second kappa shape index (κ2) is 28.2. The number of carbonyl (C=O) groups excluding carboxylic acids is 5. The van der Waals surface area contributed by atoms with Crippen LogP contribution in [0.15, 0.2) is 60.9 Å². The first-order valence-corrected chi connectivity index (χ1v) is 22.5. The number of aromatic hydroxyl groups is 1. The van der Waals surface area contributed by atoms with E-state index in [1.54, 1.807) is 53.1 Å². The fourth-order valence-electron chi connectivity index (χ4n) is 7.58. The van der Waals surface area contributed by atoms with Gasteiger partial charge in [0, 0.05) is 90.1 Å². The summed E-state index contributed by atoms with van der Waals surface area (Å²) in [6.07, 6.45) is 0.723. The zero-order valence-corrected chi connectivity index (χ0v) is 38.6. The van der Waals surface area contributed by atoms with Gasteiger partial charge in [0.15, 0.2) is 5.78 Å². The van der Waals surface area contributed by atoms with Gasteiger partial charge in [0.25, 0.3) is 0 Å². The molecule has 1 heterocycles. The van der Waals surface area contributed by atoms with Crippen LogP contribution in [0, 0.1) is 17.8 Å². The number of ketones is 1. The Bertz CT molecular complexity index is 1900. The maximum Gasteiger partial charge on any atom is 0.317 e. The molecule has 0 spiro atoms. The van der Waals surface area contributed by atoms with E-state index in [1.807, 2.05) is 35.8 Å². The summed E-state index contributed by atoms with van der Waals surface area (Å²) < 4.78 is 0. The van der Waals surface area contributed by atoms with Crippen LogP contribution >= 0.6 is 0 Å². The normalized spacial score (nSPS) is 16.6. The Hall–Kier alpha value is -5.89. The maximum absolute atomic E-state index is 13.8. The minimum atomic E-state index is -1.02. The zero-order chi connectivity index (χ0) is 48.8. The number of aliphatic hydroxyl groups is 1. The van der Waals surface area contributed by atoms with Gasteiger partial charge >= 0.3 is 11.9 Å². The third-order valence-electron chi connectivity index (χ3n) is 11.7. The number of phenols is 1. The Labute approximate surface area is 387 Å². The van der Waals surface area contributed by atoms with Crippen LogP contribution in [0.1, 0.15) is 63.1 Å². The summed E-state index contributed by atoms with van der Waals surface area (Å²) in [4.78, 5) is 96.0. The quantitative estimate of drug-likeness (QED) is 0.0653. The predicted molar refractivity (Wildman–Crippen MR) is 247 cm³/mol. The van der Waals surface area contributed by atoms with E-state index in [0.717, 1.165) is 16.7 Å². The van der Waals surface area contributed by atoms with Crippen molar-refractivity contribution in [3.8, 4) is 5.75 Å². The highest BCUT2D eigenvalue weighted by Crippen LogP contribution is 2.20. The number of aliphatic carboxylic acids is 2. The van der Waals surface area contributed by atoms with Crippen LogP contribution < -0.4 is 21.7 Å². The second-order valence-corrected chi connectivity index (χ2v) is 17.3. The van der Waals surface area contributed by atoms with Gasteiger partial charge in [-0.2, -0.15) is 0 Å². The van der Waals surface area contributed by atoms with Crippen molar-refractivity contribution in [3.05, 3.63) is 77.6 Å². The van der Waals surface area contributed by atoms with Gasteiger partial charge < -0.3 is 42.1 Å². The Morgan fingerprint density at radius 2 is 1.12 bits per heavy atom. The minimum Gasteiger partial charge on any atom is -0.512 e. The number of carbonyl (C=O) groups is 7. The molecular formula is C47H70N8O11. The molecule has 9 N–H and O–H groups in total. The smallest absolute Gasteiger partial charge is 0.317 e. The van der Waals surface area contributed by atoms with Crippen LogP contribution in [0.2, 0.25) is 0 Å². The fraction of sp³-hybridized carbons (Fsp3) is 0.553. The topological polar surface area (TPSA) is 275 Å². The van der Waals surface area contributed by atoms with Gasteiger partial charge in [0.1, 0.15) is 5.75 Å². The number of nitrogens with two attached hydrogens (primary N) is 1. The highest BCUT2D eigenvalue weighted by atomic mass is 16.4. The number of nitrogens with one attached hydrogen (secondary N) is 3. The highest BCUT2D eigenvalue weighted by molar-refractivity contribution is 5.93. The summed E-state index contributed by atoms with van der Waals surface area (Å²) in [7, 11) is 0. The predicted octanol–water partition coefficient (Wildman–Crippen LogP) is 1.34. The van der Waals surface area contributed by atoms with E-state index in [0.29, 0.717) is 65.2 Å². The van der Waals surface area contributed by atoms with Gasteiger partial charge in [-0.25, -0.2) is 0 Å². The van der Waals surface area contributed by atoms with Crippen LogP contribution in [-0.2, 0) is 53.1 Å². The third-order valence-corrected chi connectivity index (χ3v) is 11.7. The van der Waals surface area contributed by atoms with Crippen molar-refractivity contribution in [2.75, 3.05) is 78.5 Å². The number of primary amides is 1. The largest absolute Gasteiger partial charge is 0.512 e. The molecule has 0 bridgehead atoms. The Kier molecular flexibility index (Phi) is 23.3. The van der Waals surface area contributed by atoms with Crippen molar-refractivity contribution in [1.29, 1.82) is 0 Å². The summed E-state index contributed by atoms with van der Waals surface area (Å²) in [6.45, 7) is 12.2. The van der Waals surface area contributed by atoms with E-state index < -0.39 is 41.6 Å². The molecule has 3 rings (SSSR count). The SMILES string of the molecule is C=C(O)CN1CCN(CC(=O)O)CCN(CC(=O)O)CCN(CC(=O)NCc2ccc(CNC(=O)[C@H](CCC(N)=O)CC(=O)[C@@H](NC(=O)[C@@H](C)Cc3ccc(O)cc3)C(C)CC)cc2)CC1. The first-order valence-electron chi connectivity index (χ1n) is 22.5. The van der Waals surface area contributed by atoms with Crippen molar-refractivity contribution in [2.45, 2.75) is 72.0 Å². The van der Waals surface area contributed by atoms with Crippen LogP contribution in [0.3, 0.4) is 0 Å². The zero-order valence-electron chi connectivity index (χ0n) is 38.6. The van der Waals surface area contributed by atoms with E-state index in [9.17, 15) is 54.0 Å². The molecule has 1 unspecified atom stereocenters. The molecule has 0 radical (unpaired) electrons. The van der Waals surface area contributed by atoms with Gasteiger partial charge in [-0.05, 0) is 47.6 Å². The van der Waals surface area contributed by atoms with Gasteiger partial charge in [-0.1, -0.05) is 70.2 Å². The fourth-order valence-corrected chi connectivity index (χ4v) is 7.58. The number of hydrogen-bond acceptors (Lipinski definition) is 13. The average Bonchev–Trinajstić information content (AvgIpc) is 3.26. The highest BCUT2D eigenvalue weighted by Gasteiger charge is 2.32. The Morgan fingerprint density at radius 1 is 0.667 bits per heavy atom. The number of carboxylic acid groups (broad SMARTS) is 2. The minimum absolute atomic E-state index is 0.0219. The van der Waals surface area contributed by atoms with Crippen molar-refractivity contribution in [1.82, 2.24) is 35.6 Å². The third kappa shape index (κ3) is 21.0. The molecule has 19 heteroatoms. The van der Waals surface area contributed by atoms with Crippen LogP contribution in [-0.4, -0.2) is 166 Å². The number of nitrogens with zero attached hydrogens (tertiary/aromatic N) is 4. The molecule has 0 aliphatic carbocycles. The molecular weight excluding hydrogens is 853 g/mol. The molecule has 66 heavy (non-hydrogen) atoms. The Balaban J connectivity index is 1.59. The summed E-state index contributed by atoms with van der Waals surface area (Å²) in [5, 5.41) is 47.2. The number of rotatable bonds is 25. The molecule has 0 aromatic heterocycles. The van der Waals surface area contributed by atoms with E-state index >= 15 is 0 Å². The van der Waals surface area contributed by atoms with E-state index in [4.69, 9.17) is 5.73 Å². The number of benzene rings is 2. The number of aliphatic hydroxyl groups excluding tert-OH is 1. The van der Waals surface area contributed by atoms with Gasteiger partial charge in [0.05, 0.1) is 38.0 Å². The molecule has 1 saturated heterocycles. The first-order chi connectivity index (χ1) is 31.3. The van der Waals surface area contributed by atoms with Crippen molar-refractivity contribution < 1.29 is 54.0 Å². The molecule has 1 aliphatic heterocycles. The average molecular weight is 923 g/mol. The van der Waals surface area contributed by atoms with Crippen molar-refractivity contribution in [2.24, 2.45) is 23.5 Å². The Morgan fingerprint density at radius 3 is 1.58 bits per heavy atom. The number of Topliss-reactive ketones (excluding diaryl/α,β-unsaturated/α-hetero) is 1. The summed E-state index contributed by atoms with van der Waals surface area (Å²) in [5.74, 6) is -5.46. The lowest BCUT2D eigenvalue weighted by molar-refractivity contribution is -0.140. The molecule has 0 saturated carbocycles. The molecule has 4 amide bonds. The molecule has 1 aliphatic rings. The molecule has 19 nitrogen and oxygen atoms in total. The number of carboxylic acids is 2. The van der Waals surface area contributed by atoms with E-state index in [2.05, 4.69) is 22.5 Å². The maximum atomic E-state index is 13.8. The van der Waals surface area contributed by atoms with Crippen LogP contribution in [0.25, 0.3) is 0 Å². The van der Waals surface area contributed by atoms with E-state index in [-0.39, 0.29) is 93.6 Å². The summed E-state index contributed by atoms with van der Waals surface area (Å²) >= 11 is 0. The van der Waals surface area contributed by atoms with Crippen molar-refractivity contribution in [3.63, 3.8) is 0 Å². The van der Waals surface area contributed by atoms with Gasteiger partial charge in [-0.15, -0.1) is 0 Å². The van der Waals surface area contributed by atoms with Gasteiger partial charge in [-0.3, -0.25) is 53.2 Å². The lowest BCUT2D eigenvalue weighted by atomic mass is 9.87. The molecule has 2 aromatic rings. The lowest BCUT2D eigenvalue weighted by Gasteiger charge is -2.33. The first kappa shape index (κ1) is 54.4. The summed E-state index contributed by atoms with van der Waals surface area (Å²) in [6, 6.07) is 12.9. The lowest BCUT2D eigenvalue weighted by Crippen LogP contribution is -2.49. The van der Waals surface area contributed by atoms with E-state index in [1.165, 1.54) is 0 Å². The van der Waals surface area contributed by atoms with Crippen LogP contribution in [0.5, 0.6) is 5.75 Å². The molecule has 364 valence electrons. The molecule has 2 aromatic carbocycles. The second-order valence-electron chi connectivity index (χ2n) is 17.3.